The van der Waals surface area contributed by atoms with Crippen LogP contribution >= 0.6 is 0 Å². The fourth-order valence-corrected chi connectivity index (χ4v) is 3.56. The molecule has 5 heteroatoms. The van der Waals surface area contributed by atoms with E-state index in [0.717, 1.165) is 56.0 Å². The van der Waals surface area contributed by atoms with Crippen molar-refractivity contribution >= 4 is 23.2 Å². The van der Waals surface area contributed by atoms with Gasteiger partial charge in [-0.25, -0.2) is 0 Å². The Kier molecular flexibility index (Phi) is 4.84. The molecular formula is C22H25N3O2. The highest BCUT2D eigenvalue weighted by atomic mass is 16.2. The summed E-state index contributed by atoms with van der Waals surface area (Å²) >= 11 is 0. The van der Waals surface area contributed by atoms with Gasteiger partial charge in [-0.05, 0) is 55.7 Å². The summed E-state index contributed by atoms with van der Waals surface area (Å²) in [6, 6.07) is 15.5. The molecule has 0 aromatic heterocycles. The second-order valence-electron chi connectivity index (χ2n) is 7.40. The minimum atomic E-state index is -0.0898. The summed E-state index contributed by atoms with van der Waals surface area (Å²) in [5.74, 6) is 0.546. The standard InChI is InChI=1S/C22H25N3O2/c1-16-4-2-3-5-20(16)21(26)23-18-8-10-19(11-9-18)24-12-14-25(15-13-24)22(27)17-6-7-17/h2-5,8-11,17H,6-7,12-15H2,1H3,(H,23,26). The molecule has 140 valence electrons. The number of benzene rings is 2. The van der Waals surface area contributed by atoms with Crippen LogP contribution in [0.2, 0.25) is 0 Å². The smallest absolute Gasteiger partial charge is 0.255 e. The van der Waals surface area contributed by atoms with Crippen LogP contribution in [-0.4, -0.2) is 42.9 Å². The highest BCUT2D eigenvalue weighted by Crippen LogP contribution is 2.31. The molecule has 27 heavy (non-hydrogen) atoms. The van der Waals surface area contributed by atoms with Crippen LogP contribution in [0.25, 0.3) is 0 Å². The first-order chi connectivity index (χ1) is 13.1. The largest absolute Gasteiger partial charge is 0.368 e. The number of piperazine rings is 1. The molecule has 4 rings (SSSR count). The lowest BCUT2D eigenvalue weighted by molar-refractivity contribution is -0.132. The van der Waals surface area contributed by atoms with Crippen molar-refractivity contribution in [1.29, 1.82) is 0 Å². The van der Waals surface area contributed by atoms with Gasteiger partial charge in [0.05, 0.1) is 0 Å². The van der Waals surface area contributed by atoms with Crippen LogP contribution in [0.5, 0.6) is 0 Å². The average molecular weight is 363 g/mol. The van der Waals surface area contributed by atoms with Gasteiger partial charge >= 0.3 is 0 Å². The molecule has 1 N–H and O–H groups in total. The second kappa shape index (κ2) is 7.43. The van der Waals surface area contributed by atoms with E-state index in [1.54, 1.807) is 0 Å². The van der Waals surface area contributed by atoms with Gasteiger partial charge in [0.2, 0.25) is 5.91 Å². The Morgan fingerprint density at radius 1 is 0.926 bits per heavy atom. The zero-order valence-corrected chi connectivity index (χ0v) is 15.6. The SMILES string of the molecule is Cc1ccccc1C(=O)Nc1ccc(N2CCN(C(=O)C3CC3)CC2)cc1. The average Bonchev–Trinajstić information content (AvgIpc) is 3.54. The lowest BCUT2D eigenvalue weighted by Gasteiger charge is -2.36. The molecule has 1 aliphatic carbocycles. The molecule has 2 fully saturated rings. The number of rotatable bonds is 4. The molecule has 0 unspecified atom stereocenters. The van der Waals surface area contributed by atoms with E-state index >= 15 is 0 Å². The summed E-state index contributed by atoms with van der Waals surface area (Å²) in [6.07, 6.45) is 2.13. The summed E-state index contributed by atoms with van der Waals surface area (Å²) < 4.78 is 0. The number of anilines is 2. The number of amides is 2. The molecule has 1 aliphatic heterocycles. The van der Waals surface area contributed by atoms with E-state index < -0.39 is 0 Å². The van der Waals surface area contributed by atoms with Gasteiger partial charge in [-0.3, -0.25) is 9.59 Å². The highest BCUT2D eigenvalue weighted by molar-refractivity contribution is 6.05. The first-order valence-electron chi connectivity index (χ1n) is 9.62. The van der Waals surface area contributed by atoms with Gasteiger partial charge in [-0.1, -0.05) is 18.2 Å². The molecular weight excluding hydrogens is 338 g/mol. The van der Waals surface area contributed by atoms with Gasteiger partial charge in [-0.2, -0.15) is 0 Å². The number of nitrogens with zero attached hydrogens (tertiary/aromatic N) is 2. The molecule has 2 aliphatic rings. The van der Waals surface area contributed by atoms with Crippen LogP contribution in [0.3, 0.4) is 0 Å². The maximum Gasteiger partial charge on any atom is 0.255 e. The van der Waals surface area contributed by atoms with E-state index in [4.69, 9.17) is 0 Å². The molecule has 1 saturated carbocycles. The van der Waals surface area contributed by atoms with Crippen molar-refractivity contribution < 1.29 is 9.59 Å². The third-order valence-electron chi connectivity index (χ3n) is 5.40. The Labute approximate surface area is 160 Å². The predicted molar refractivity (Wildman–Crippen MR) is 107 cm³/mol. The van der Waals surface area contributed by atoms with E-state index in [-0.39, 0.29) is 5.91 Å². The molecule has 2 aromatic carbocycles. The third-order valence-corrected chi connectivity index (χ3v) is 5.40. The fraction of sp³-hybridized carbons (Fsp3) is 0.364. The van der Waals surface area contributed by atoms with Gasteiger partial charge in [0.1, 0.15) is 0 Å². The van der Waals surface area contributed by atoms with Crippen molar-refractivity contribution in [3.63, 3.8) is 0 Å². The molecule has 2 aromatic rings. The predicted octanol–water partition coefficient (Wildman–Crippen LogP) is 3.31. The number of carbonyl (C=O) groups is 2. The number of aryl methyl sites for hydroxylation is 1. The Morgan fingerprint density at radius 3 is 2.22 bits per heavy atom. The van der Waals surface area contributed by atoms with Gasteiger partial charge in [-0.15, -0.1) is 0 Å². The van der Waals surface area contributed by atoms with E-state index in [1.165, 1.54) is 0 Å². The van der Waals surface area contributed by atoms with Gasteiger partial charge in [0.25, 0.3) is 5.91 Å². The summed E-state index contributed by atoms with van der Waals surface area (Å²) in [5, 5.41) is 2.96. The minimum absolute atomic E-state index is 0.0898. The van der Waals surface area contributed by atoms with Crippen molar-refractivity contribution in [1.82, 2.24) is 4.90 Å². The number of carbonyl (C=O) groups excluding carboxylic acids is 2. The Morgan fingerprint density at radius 2 is 1.59 bits per heavy atom. The summed E-state index contributed by atoms with van der Waals surface area (Å²) in [7, 11) is 0. The summed E-state index contributed by atoms with van der Waals surface area (Å²) in [5.41, 5.74) is 3.57. The normalized spacial score (nSPS) is 16.9. The van der Waals surface area contributed by atoms with E-state index in [1.807, 2.05) is 60.4 Å². The molecule has 2 amide bonds. The van der Waals surface area contributed by atoms with Crippen LogP contribution < -0.4 is 10.2 Å². The molecule has 0 atom stereocenters. The number of nitrogens with one attached hydrogen (secondary N) is 1. The first kappa shape index (κ1) is 17.6. The third kappa shape index (κ3) is 3.97. The quantitative estimate of drug-likeness (QED) is 0.907. The van der Waals surface area contributed by atoms with Crippen molar-refractivity contribution in [3.05, 3.63) is 59.7 Å². The molecule has 0 bridgehead atoms. The Hall–Kier alpha value is -2.82. The second-order valence-corrected chi connectivity index (χ2v) is 7.40. The van der Waals surface area contributed by atoms with E-state index in [9.17, 15) is 9.59 Å². The van der Waals surface area contributed by atoms with Crippen LogP contribution in [0.4, 0.5) is 11.4 Å². The Balaban J connectivity index is 1.34. The van der Waals surface area contributed by atoms with Crippen molar-refractivity contribution in [3.8, 4) is 0 Å². The summed E-state index contributed by atoms with van der Waals surface area (Å²) in [4.78, 5) is 28.9. The van der Waals surface area contributed by atoms with Crippen molar-refractivity contribution in [2.75, 3.05) is 36.4 Å². The molecule has 0 spiro atoms. The topological polar surface area (TPSA) is 52.7 Å². The number of hydrogen-bond donors (Lipinski definition) is 1. The van der Waals surface area contributed by atoms with Crippen LogP contribution in [0.15, 0.2) is 48.5 Å². The minimum Gasteiger partial charge on any atom is -0.368 e. The first-order valence-corrected chi connectivity index (χ1v) is 9.62. The van der Waals surface area contributed by atoms with E-state index in [0.29, 0.717) is 17.4 Å². The zero-order chi connectivity index (χ0) is 18.8. The zero-order valence-electron chi connectivity index (χ0n) is 15.6. The Bertz CT molecular complexity index is 835. The van der Waals surface area contributed by atoms with E-state index in [2.05, 4.69) is 10.2 Å². The molecule has 1 saturated heterocycles. The maximum absolute atomic E-state index is 12.4. The summed E-state index contributed by atoms with van der Waals surface area (Å²) in [6.45, 7) is 5.23. The molecule has 0 radical (unpaired) electrons. The molecule has 5 nitrogen and oxygen atoms in total. The number of hydrogen-bond acceptors (Lipinski definition) is 3. The highest BCUT2D eigenvalue weighted by Gasteiger charge is 2.34. The van der Waals surface area contributed by atoms with Crippen LogP contribution in [0, 0.1) is 12.8 Å². The van der Waals surface area contributed by atoms with Crippen LogP contribution in [-0.2, 0) is 4.79 Å². The van der Waals surface area contributed by atoms with Crippen molar-refractivity contribution in [2.45, 2.75) is 19.8 Å². The van der Waals surface area contributed by atoms with Crippen LogP contribution in [0.1, 0.15) is 28.8 Å². The molecule has 1 heterocycles. The van der Waals surface area contributed by atoms with Gasteiger partial charge in [0, 0.05) is 49.0 Å². The maximum atomic E-state index is 12.4. The fourth-order valence-electron chi connectivity index (χ4n) is 3.56. The lowest BCUT2D eigenvalue weighted by atomic mass is 10.1. The van der Waals surface area contributed by atoms with Crippen molar-refractivity contribution in [2.24, 2.45) is 5.92 Å². The lowest BCUT2D eigenvalue weighted by Crippen LogP contribution is -2.49. The van der Waals surface area contributed by atoms with Gasteiger partial charge in [0.15, 0.2) is 0 Å². The monoisotopic (exact) mass is 363 g/mol. The van der Waals surface area contributed by atoms with Gasteiger partial charge < -0.3 is 15.1 Å².